The Bertz CT molecular complexity index is 820. The Balaban J connectivity index is 1.48. The number of rotatable bonds is 2. The van der Waals surface area contributed by atoms with Crippen LogP contribution in [0.3, 0.4) is 0 Å². The van der Waals surface area contributed by atoms with Gasteiger partial charge in [0.25, 0.3) is 0 Å². The summed E-state index contributed by atoms with van der Waals surface area (Å²) in [5.41, 5.74) is 2.22. The summed E-state index contributed by atoms with van der Waals surface area (Å²) in [4.78, 5) is 4.71. The quantitative estimate of drug-likeness (QED) is 0.809. The molecular weight excluding hydrogens is 344 g/mol. The van der Waals surface area contributed by atoms with Crippen LogP contribution in [0.15, 0.2) is 24.5 Å². The van der Waals surface area contributed by atoms with Gasteiger partial charge in [-0.1, -0.05) is 0 Å². The highest BCUT2D eigenvalue weighted by Gasteiger charge is 2.40. The van der Waals surface area contributed by atoms with Crippen LogP contribution in [0.4, 0.5) is 0 Å². The van der Waals surface area contributed by atoms with E-state index in [9.17, 15) is 0 Å². The molecule has 27 heavy (non-hydrogen) atoms. The monoisotopic (exact) mass is 370 g/mol. The minimum absolute atomic E-state index is 0.0371. The van der Waals surface area contributed by atoms with Crippen LogP contribution in [0, 0.1) is 6.92 Å². The molecule has 1 atom stereocenters. The lowest BCUT2D eigenvalue weighted by molar-refractivity contribution is -0.144. The molecule has 4 heterocycles. The smallest absolute Gasteiger partial charge is 0.162 e. The van der Waals surface area contributed by atoms with E-state index in [0.29, 0.717) is 19.3 Å². The molecule has 0 aliphatic carbocycles. The van der Waals surface area contributed by atoms with Gasteiger partial charge in [-0.15, -0.1) is 0 Å². The van der Waals surface area contributed by atoms with E-state index in [1.807, 2.05) is 6.20 Å². The lowest BCUT2D eigenvalue weighted by atomic mass is 9.84. The highest BCUT2D eigenvalue weighted by Crippen LogP contribution is 2.42. The van der Waals surface area contributed by atoms with Gasteiger partial charge in [0.2, 0.25) is 0 Å². The molecule has 6 nitrogen and oxygen atoms in total. The number of aromatic nitrogens is 2. The lowest BCUT2D eigenvalue weighted by Gasteiger charge is -2.43. The van der Waals surface area contributed by atoms with Gasteiger partial charge in [0.1, 0.15) is 19.0 Å². The van der Waals surface area contributed by atoms with Gasteiger partial charge in [0.05, 0.1) is 5.60 Å². The molecule has 0 N–H and O–H groups in total. The number of benzene rings is 1. The number of fused-ring (bicyclic) bond motifs is 1. The lowest BCUT2D eigenvalue weighted by Crippen LogP contribution is -2.44. The number of nitrogens with zero attached hydrogens (tertiary/aromatic N) is 2. The summed E-state index contributed by atoms with van der Waals surface area (Å²) in [6.45, 7) is 5.69. The molecular formula is C21H26N2O4. The number of hydrogen-bond donors (Lipinski definition) is 0. The SMILES string of the molecule is Cc1cc2c(cc1-c1nccn1C1CCOC3(CCOCC3)C1)OCCO2. The second-order valence-electron chi connectivity index (χ2n) is 7.76. The maximum atomic E-state index is 6.23. The minimum atomic E-state index is -0.0371. The van der Waals surface area contributed by atoms with E-state index in [1.54, 1.807) is 0 Å². The van der Waals surface area contributed by atoms with E-state index in [1.165, 1.54) is 0 Å². The summed E-state index contributed by atoms with van der Waals surface area (Å²) in [7, 11) is 0. The number of hydrogen-bond acceptors (Lipinski definition) is 5. The van der Waals surface area contributed by atoms with Gasteiger partial charge in [-0.2, -0.15) is 0 Å². The molecule has 3 aliphatic heterocycles. The van der Waals surface area contributed by atoms with Crippen molar-refractivity contribution in [2.75, 3.05) is 33.0 Å². The number of ether oxygens (including phenoxy) is 4. The molecule has 1 aromatic carbocycles. The Morgan fingerprint density at radius 3 is 2.63 bits per heavy atom. The Morgan fingerprint density at radius 1 is 1.04 bits per heavy atom. The van der Waals surface area contributed by atoms with Gasteiger partial charge >= 0.3 is 0 Å². The van der Waals surface area contributed by atoms with Crippen LogP contribution in [0.2, 0.25) is 0 Å². The van der Waals surface area contributed by atoms with Crippen molar-refractivity contribution >= 4 is 0 Å². The zero-order valence-corrected chi connectivity index (χ0v) is 15.8. The Hall–Kier alpha value is -2.05. The number of aryl methyl sites for hydroxylation is 1. The molecule has 1 unspecified atom stereocenters. The topological polar surface area (TPSA) is 54.7 Å². The Morgan fingerprint density at radius 2 is 1.81 bits per heavy atom. The summed E-state index contributed by atoms with van der Waals surface area (Å²) >= 11 is 0. The van der Waals surface area contributed by atoms with Gasteiger partial charge in [0, 0.05) is 43.8 Å². The highest BCUT2D eigenvalue weighted by molar-refractivity contribution is 5.66. The first kappa shape index (κ1) is 17.1. The molecule has 1 spiro atoms. The normalized spacial score (nSPS) is 24.1. The fraction of sp³-hybridized carbons (Fsp3) is 0.571. The highest BCUT2D eigenvalue weighted by atomic mass is 16.6. The van der Waals surface area contributed by atoms with Crippen molar-refractivity contribution in [1.82, 2.24) is 9.55 Å². The average Bonchev–Trinajstić information content (AvgIpc) is 3.18. The zero-order chi connectivity index (χ0) is 18.3. The first-order valence-corrected chi connectivity index (χ1v) is 9.89. The largest absolute Gasteiger partial charge is 0.486 e. The number of imidazole rings is 1. The summed E-state index contributed by atoms with van der Waals surface area (Å²) in [5, 5.41) is 0. The van der Waals surface area contributed by atoms with E-state index < -0.39 is 0 Å². The Labute approximate surface area is 159 Å². The van der Waals surface area contributed by atoms with Crippen LogP contribution < -0.4 is 9.47 Å². The molecule has 2 fully saturated rings. The van der Waals surface area contributed by atoms with Crippen molar-refractivity contribution in [3.05, 3.63) is 30.1 Å². The predicted octanol–water partition coefficient (Wildman–Crippen LogP) is 3.53. The van der Waals surface area contributed by atoms with Crippen LogP contribution in [0.1, 0.15) is 37.3 Å². The van der Waals surface area contributed by atoms with Gasteiger partial charge in [-0.25, -0.2) is 4.98 Å². The van der Waals surface area contributed by atoms with Crippen LogP contribution in [0.5, 0.6) is 11.5 Å². The fourth-order valence-corrected chi connectivity index (χ4v) is 4.58. The molecule has 144 valence electrons. The molecule has 0 radical (unpaired) electrons. The van der Waals surface area contributed by atoms with E-state index in [0.717, 1.165) is 74.0 Å². The van der Waals surface area contributed by atoms with Crippen molar-refractivity contribution < 1.29 is 18.9 Å². The predicted molar refractivity (Wildman–Crippen MR) is 100 cm³/mol. The third-order valence-corrected chi connectivity index (χ3v) is 6.06. The summed E-state index contributed by atoms with van der Waals surface area (Å²) in [6.07, 6.45) is 8.00. The first-order chi connectivity index (χ1) is 13.2. The second-order valence-corrected chi connectivity index (χ2v) is 7.76. The Kier molecular flexibility index (Phi) is 4.32. The van der Waals surface area contributed by atoms with Crippen molar-refractivity contribution in [3.63, 3.8) is 0 Å². The third kappa shape index (κ3) is 3.11. The average molecular weight is 370 g/mol. The van der Waals surface area contributed by atoms with E-state index in [-0.39, 0.29) is 5.60 Å². The zero-order valence-electron chi connectivity index (χ0n) is 15.8. The van der Waals surface area contributed by atoms with Crippen LogP contribution in [0.25, 0.3) is 11.4 Å². The van der Waals surface area contributed by atoms with Crippen molar-refractivity contribution in [2.24, 2.45) is 0 Å². The van der Waals surface area contributed by atoms with E-state index in [2.05, 4.69) is 29.8 Å². The minimum Gasteiger partial charge on any atom is -0.486 e. The maximum absolute atomic E-state index is 6.23. The molecule has 2 saturated heterocycles. The van der Waals surface area contributed by atoms with Crippen LogP contribution in [-0.2, 0) is 9.47 Å². The summed E-state index contributed by atoms with van der Waals surface area (Å²) in [6, 6.07) is 4.53. The van der Waals surface area contributed by atoms with Crippen molar-refractivity contribution in [1.29, 1.82) is 0 Å². The molecule has 0 amide bonds. The molecule has 5 rings (SSSR count). The molecule has 0 bridgehead atoms. The third-order valence-electron chi connectivity index (χ3n) is 6.06. The van der Waals surface area contributed by atoms with Crippen LogP contribution >= 0.6 is 0 Å². The maximum Gasteiger partial charge on any atom is 0.162 e. The van der Waals surface area contributed by atoms with Crippen LogP contribution in [-0.4, -0.2) is 48.2 Å². The molecule has 3 aliphatic rings. The molecule has 6 heteroatoms. The molecule has 2 aromatic rings. The molecule has 0 saturated carbocycles. The van der Waals surface area contributed by atoms with Crippen molar-refractivity contribution in [2.45, 2.75) is 44.2 Å². The van der Waals surface area contributed by atoms with E-state index in [4.69, 9.17) is 23.9 Å². The van der Waals surface area contributed by atoms with Gasteiger partial charge in [0.15, 0.2) is 11.5 Å². The van der Waals surface area contributed by atoms with Gasteiger partial charge < -0.3 is 23.5 Å². The first-order valence-electron chi connectivity index (χ1n) is 9.89. The standard InChI is InChI=1S/C21H26N2O4/c1-15-12-18-19(26-11-10-25-18)13-17(15)20-22-5-6-23(20)16-2-7-27-21(14-16)3-8-24-9-4-21/h5-6,12-13,16H,2-4,7-11,14H2,1H3. The van der Waals surface area contributed by atoms with Gasteiger partial charge in [-0.05, 0) is 50.3 Å². The van der Waals surface area contributed by atoms with Crippen molar-refractivity contribution in [3.8, 4) is 22.9 Å². The summed E-state index contributed by atoms with van der Waals surface area (Å²) < 4.78 is 25.6. The second kappa shape index (κ2) is 6.84. The fourth-order valence-electron chi connectivity index (χ4n) is 4.58. The van der Waals surface area contributed by atoms with Gasteiger partial charge in [-0.3, -0.25) is 0 Å². The summed E-state index contributed by atoms with van der Waals surface area (Å²) in [5.74, 6) is 2.63. The van der Waals surface area contributed by atoms with E-state index >= 15 is 0 Å². The molecule has 1 aromatic heterocycles.